The first-order valence-electron chi connectivity index (χ1n) is 7.48. The van der Waals surface area contributed by atoms with Gasteiger partial charge in [0.15, 0.2) is 5.65 Å². The molecule has 2 N–H and O–H groups in total. The first kappa shape index (κ1) is 13.5. The second-order valence-electron chi connectivity index (χ2n) is 5.78. The van der Waals surface area contributed by atoms with Crippen molar-refractivity contribution in [1.29, 1.82) is 0 Å². The maximum absolute atomic E-state index is 4.38. The van der Waals surface area contributed by atoms with E-state index in [1.165, 1.54) is 31.5 Å². The molecule has 0 amide bonds. The van der Waals surface area contributed by atoms with Crippen molar-refractivity contribution in [3.63, 3.8) is 0 Å². The van der Waals surface area contributed by atoms with Crippen LogP contribution in [0.2, 0.25) is 0 Å². The highest BCUT2D eigenvalue weighted by atomic mass is 15.2. The van der Waals surface area contributed by atoms with E-state index in [2.05, 4.69) is 38.2 Å². The van der Waals surface area contributed by atoms with Gasteiger partial charge < -0.3 is 15.2 Å². The van der Waals surface area contributed by atoms with E-state index in [-0.39, 0.29) is 0 Å². The Balaban J connectivity index is 1.61. The molecule has 3 heterocycles. The number of H-pyrrole nitrogens is 1. The van der Waals surface area contributed by atoms with Gasteiger partial charge in [-0.3, -0.25) is 0 Å². The Bertz CT molecular complexity index is 571. The van der Waals surface area contributed by atoms with E-state index in [0.29, 0.717) is 6.04 Å². The number of nitrogens with zero attached hydrogens (tertiary/aromatic N) is 3. The van der Waals surface area contributed by atoms with Crippen LogP contribution < -0.4 is 5.32 Å². The number of hydrogen-bond acceptors (Lipinski definition) is 4. The van der Waals surface area contributed by atoms with Gasteiger partial charge in [0.1, 0.15) is 5.82 Å². The zero-order valence-corrected chi connectivity index (χ0v) is 12.3. The molecule has 0 aromatic carbocycles. The summed E-state index contributed by atoms with van der Waals surface area (Å²) in [7, 11) is 0. The summed E-state index contributed by atoms with van der Waals surface area (Å²) < 4.78 is 0. The van der Waals surface area contributed by atoms with Crippen LogP contribution in [-0.4, -0.2) is 45.5 Å². The summed E-state index contributed by atoms with van der Waals surface area (Å²) in [4.78, 5) is 14.5. The molecule has 20 heavy (non-hydrogen) atoms. The minimum absolute atomic E-state index is 0.500. The lowest BCUT2D eigenvalue weighted by Gasteiger charge is -2.21. The van der Waals surface area contributed by atoms with E-state index in [9.17, 15) is 0 Å². The van der Waals surface area contributed by atoms with E-state index < -0.39 is 0 Å². The number of pyridine rings is 1. The van der Waals surface area contributed by atoms with Gasteiger partial charge >= 0.3 is 0 Å². The molecule has 1 saturated heterocycles. The summed E-state index contributed by atoms with van der Waals surface area (Å²) >= 11 is 0. The second-order valence-corrected chi connectivity index (χ2v) is 5.78. The van der Waals surface area contributed by atoms with Crippen molar-refractivity contribution < 1.29 is 0 Å². The van der Waals surface area contributed by atoms with Crippen molar-refractivity contribution in [3.05, 3.63) is 23.7 Å². The molecule has 0 saturated carbocycles. The van der Waals surface area contributed by atoms with Crippen LogP contribution in [0.4, 0.5) is 0 Å². The smallest absolute Gasteiger partial charge is 0.177 e. The van der Waals surface area contributed by atoms with Crippen molar-refractivity contribution in [2.24, 2.45) is 0 Å². The third kappa shape index (κ3) is 2.99. The summed E-state index contributed by atoms with van der Waals surface area (Å²) in [6.45, 7) is 8.73. The lowest BCUT2D eigenvalue weighted by Crippen LogP contribution is -2.37. The summed E-state index contributed by atoms with van der Waals surface area (Å²) in [5, 5.41) is 3.61. The molecule has 108 valence electrons. The molecule has 0 spiro atoms. The molecule has 1 aliphatic heterocycles. The van der Waals surface area contributed by atoms with Gasteiger partial charge in [-0.2, -0.15) is 0 Å². The number of aromatic nitrogens is 3. The molecule has 2 aromatic heterocycles. The minimum Gasteiger partial charge on any atom is -0.341 e. The number of likely N-dealkylation sites (tertiary alicyclic amines) is 1. The lowest BCUT2D eigenvalue weighted by atomic mass is 10.2. The summed E-state index contributed by atoms with van der Waals surface area (Å²) in [5.41, 5.74) is 3.11. The quantitative estimate of drug-likeness (QED) is 0.873. The number of nitrogens with one attached hydrogen (secondary N) is 2. The fraction of sp³-hybridized carbons (Fsp3) is 0.600. The number of aromatic amines is 1. The van der Waals surface area contributed by atoms with Gasteiger partial charge in [0, 0.05) is 25.3 Å². The molecule has 2 aromatic rings. The molecule has 5 nitrogen and oxygen atoms in total. The first-order chi connectivity index (χ1) is 9.72. The molecular formula is C15H23N5. The summed E-state index contributed by atoms with van der Waals surface area (Å²) in [6.07, 6.45) is 4.54. The Kier molecular flexibility index (Phi) is 3.98. The molecular weight excluding hydrogens is 250 g/mol. The van der Waals surface area contributed by atoms with Crippen LogP contribution in [0.1, 0.15) is 31.2 Å². The number of fused-ring (bicyclic) bond motifs is 1. The summed E-state index contributed by atoms with van der Waals surface area (Å²) in [6, 6.07) is 2.57. The fourth-order valence-electron chi connectivity index (χ4n) is 2.93. The fourth-order valence-corrected chi connectivity index (χ4v) is 2.93. The molecule has 1 aliphatic rings. The molecule has 1 unspecified atom stereocenters. The molecule has 0 bridgehead atoms. The average Bonchev–Trinajstić information content (AvgIpc) is 3.04. The molecule has 3 rings (SSSR count). The molecule has 0 aliphatic carbocycles. The average molecular weight is 273 g/mol. The maximum Gasteiger partial charge on any atom is 0.177 e. The zero-order valence-electron chi connectivity index (χ0n) is 12.3. The van der Waals surface area contributed by atoms with Crippen molar-refractivity contribution in [2.75, 3.05) is 19.6 Å². The Hall–Kier alpha value is -1.46. The third-order valence-electron chi connectivity index (χ3n) is 3.97. The Morgan fingerprint density at radius 1 is 1.40 bits per heavy atom. The zero-order chi connectivity index (χ0) is 13.9. The predicted octanol–water partition coefficient (Wildman–Crippen LogP) is 1.84. The van der Waals surface area contributed by atoms with Crippen LogP contribution in [0.5, 0.6) is 0 Å². The van der Waals surface area contributed by atoms with Gasteiger partial charge in [-0.15, -0.1) is 0 Å². The second kappa shape index (κ2) is 5.89. The van der Waals surface area contributed by atoms with Gasteiger partial charge in [-0.05, 0) is 51.4 Å². The third-order valence-corrected chi connectivity index (χ3v) is 3.97. The molecule has 1 fully saturated rings. The Morgan fingerprint density at radius 3 is 3.00 bits per heavy atom. The van der Waals surface area contributed by atoms with Crippen molar-refractivity contribution in [1.82, 2.24) is 25.2 Å². The van der Waals surface area contributed by atoms with Crippen LogP contribution in [0.15, 0.2) is 12.3 Å². The van der Waals surface area contributed by atoms with Crippen LogP contribution in [0.3, 0.4) is 0 Å². The van der Waals surface area contributed by atoms with Crippen molar-refractivity contribution in [2.45, 2.75) is 39.3 Å². The van der Waals surface area contributed by atoms with E-state index in [0.717, 1.165) is 30.1 Å². The number of hydrogen-bond donors (Lipinski definition) is 2. The van der Waals surface area contributed by atoms with Crippen LogP contribution in [0, 0.1) is 6.92 Å². The Labute approximate surface area is 119 Å². The van der Waals surface area contributed by atoms with Gasteiger partial charge in [-0.1, -0.05) is 0 Å². The number of aryl methyl sites for hydroxylation is 1. The topological polar surface area (TPSA) is 56.8 Å². The van der Waals surface area contributed by atoms with E-state index >= 15 is 0 Å². The van der Waals surface area contributed by atoms with Crippen LogP contribution in [0.25, 0.3) is 11.2 Å². The predicted molar refractivity (Wildman–Crippen MR) is 80.6 cm³/mol. The van der Waals surface area contributed by atoms with Gasteiger partial charge in [0.05, 0.1) is 5.52 Å². The first-order valence-corrected chi connectivity index (χ1v) is 7.48. The highest BCUT2D eigenvalue weighted by Gasteiger charge is 2.14. The Morgan fingerprint density at radius 2 is 2.20 bits per heavy atom. The highest BCUT2D eigenvalue weighted by molar-refractivity contribution is 5.74. The number of rotatable bonds is 5. The molecule has 1 atom stereocenters. The van der Waals surface area contributed by atoms with E-state index in [4.69, 9.17) is 0 Å². The monoisotopic (exact) mass is 273 g/mol. The standard InChI is InChI=1S/C15H23N5/c1-11(10-20-7-3-4-8-20)17-9-13-5-6-16-15-14(13)18-12(2)19-15/h5-6,11,17H,3-4,7-10H2,1-2H3,(H,16,18,19). The van der Waals surface area contributed by atoms with Gasteiger partial charge in [-0.25, -0.2) is 9.97 Å². The van der Waals surface area contributed by atoms with Crippen LogP contribution >= 0.6 is 0 Å². The SMILES string of the molecule is Cc1nc2nccc(CNC(C)CN3CCCC3)c2[nH]1. The maximum atomic E-state index is 4.38. The lowest BCUT2D eigenvalue weighted by molar-refractivity contribution is 0.298. The molecule has 5 heteroatoms. The summed E-state index contributed by atoms with van der Waals surface area (Å²) in [5.74, 6) is 0.921. The molecule has 0 radical (unpaired) electrons. The van der Waals surface area contributed by atoms with Gasteiger partial charge in [0.2, 0.25) is 0 Å². The van der Waals surface area contributed by atoms with Gasteiger partial charge in [0.25, 0.3) is 0 Å². The highest BCUT2D eigenvalue weighted by Crippen LogP contribution is 2.14. The normalized spacial score (nSPS) is 17.9. The van der Waals surface area contributed by atoms with E-state index in [1.54, 1.807) is 0 Å². The van der Waals surface area contributed by atoms with Crippen LogP contribution in [-0.2, 0) is 6.54 Å². The van der Waals surface area contributed by atoms with E-state index in [1.807, 2.05) is 13.1 Å². The number of imidazole rings is 1. The largest absolute Gasteiger partial charge is 0.341 e. The van der Waals surface area contributed by atoms with Crippen molar-refractivity contribution in [3.8, 4) is 0 Å². The minimum atomic E-state index is 0.500. The van der Waals surface area contributed by atoms with Crippen molar-refractivity contribution >= 4 is 11.2 Å².